The van der Waals surface area contributed by atoms with Crippen molar-refractivity contribution in [2.24, 2.45) is 0 Å². The van der Waals surface area contributed by atoms with E-state index < -0.39 is 16.2 Å². The van der Waals surface area contributed by atoms with Crippen molar-refractivity contribution < 1.29 is 12.6 Å². The summed E-state index contributed by atoms with van der Waals surface area (Å²) >= 11 is 17.4. The van der Waals surface area contributed by atoms with E-state index in [1.165, 1.54) is 12.1 Å². The van der Waals surface area contributed by atoms with Gasteiger partial charge in [-0.05, 0) is 25.5 Å². The van der Waals surface area contributed by atoms with Gasteiger partial charge in [0.05, 0.1) is 21.2 Å². The van der Waals surface area contributed by atoms with Gasteiger partial charge in [0.25, 0.3) is 10.1 Å². The van der Waals surface area contributed by atoms with Crippen LogP contribution < -0.4 is 0 Å². The smallest absolute Gasteiger partial charge is 0.263 e. The second-order valence-electron chi connectivity index (χ2n) is 3.85. The summed E-state index contributed by atoms with van der Waals surface area (Å²) in [5.41, 5.74) is 0. The van der Waals surface area contributed by atoms with Crippen LogP contribution in [0.3, 0.4) is 0 Å². The van der Waals surface area contributed by atoms with Crippen LogP contribution in [0.2, 0.25) is 15.1 Å². The third-order valence-corrected chi connectivity index (χ3v) is 4.84. The van der Waals surface area contributed by atoms with Crippen LogP contribution in [0, 0.1) is 0 Å². The number of hydrogen-bond acceptors (Lipinski definition) is 3. The van der Waals surface area contributed by atoms with E-state index in [4.69, 9.17) is 39.0 Å². The van der Waals surface area contributed by atoms with Crippen molar-refractivity contribution in [1.82, 2.24) is 0 Å². The zero-order valence-electron chi connectivity index (χ0n) is 9.91. The van der Waals surface area contributed by atoms with Crippen LogP contribution in [0.25, 0.3) is 0 Å². The molecule has 0 spiro atoms. The highest BCUT2D eigenvalue weighted by atomic mass is 35.5. The molecule has 18 heavy (non-hydrogen) atoms. The minimum absolute atomic E-state index is 0.00639. The molecule has 0 amide bonds. The van der Waals surface area contributed by atoms with Crippen molar-refractivity contribution in [3.8, 4) is 0 Å². The van der Waals surface area contributed by atoms with E-state index in [9.17, 15) is 8.42 Å². The quantitative estimate of drug-likeness (QED) is 0.587. The molecule has 0 N–H and O–H groups in total. The average Bonchev–Trinajstić information content (AvgIpc) is 2.22. The lowest BCUT2D eigenvalue weighted by Gasteiger charge is -2.13. The molecule has 0 aliphatic rings. The molecule has 1 aromatic rings. The van der Waals surface area contributed by atoms with E-state index in [2.05, 4.69) is 0 Å². The van der Waals surface area contributed by atoms with Gasteiger partial charge in [-0.15, -0.1) is 0 Å². The Bertz CT molecular complexity index is 529. The normalized spacial score (nSPS) is 13.6. The minimum atomic E-state index is -3.93. The van der Waals surface area contributed by atoms with E-state index in [0.29, 0.717) is 6.42 Å². The molecule has 1 atom stereocenters. The fourth-order valence-corrected chi connectivity index (χ4v) is 3.51. The second-order valence-corrected chi connectivity index (χ2v) is 6.61. The lowest BCUT2D eigenvalue weighted by Crippen LogP contribution is -2.15. The molecule has 0 fully saturated rings. The standard InChI is InChI=1S/C11H13Cl3O3S/c1-3-4-7(2)17-18(15,16)11-6-9(13)8(12)5-10(11)14/h5-7H,3-4H2,1-2H3. The summed E-state index contributed by atoms with van der Waals surface area (Å²) in [6.45, 7) is 3.63. The SMILES string of the molecule is CCCC(C)OS(=O)(=O)c1cc(Cl)c(Cl)cc1Cl. The van der Waals surface area contributed by atoms with Crippen LogP contribution in [-0.2, 0) is 14.3 Å². The maximum Gasteiger partial charge on any atom is 0.298 e. The van der Waals surface area contributed by atoms with Crippen LogP contribution in [0.1, 0.15) is 26.7 Å². The topological polar surface area (TPSA) is 43.4 Å². The van der Waals surface area contributed by atoms with Gasteiger partial charge in [-0.2, -0.15) is 8.42 Å². The van der Waals surface area contributed by atoms with Gasteiger partial charge in [0.2, 0.25) is 0 Å². The Kier molecular flexibility index (Phi) is 5.74. The molecule has 0 aliphatic carbocycles. The molecule has 1 unspecified atom stereocenters. The summed E-state index contributed by atoms with van der Waals surface area (Å²) in [4.78, 5) is -0.165. The number of rotatable bonds is 5. The van der Waals surface area contributed by atoms with E-state index in [-0.39, 0.29) is 20.0 Å². The first kappa shape index (κ1) is 16.1. The van der Waals surface area contributed by atoms with E-state index in [1.54, 1.807) is 6.92 Å². The van der Waals surface area contributed by atoms with Gasteiger partial charge in [0, 0.05) is 0 Å². The average molecular weight is 332 g/mol. The van der Waals surface area contributed by atoms with Crippen LogP contribution in [-0.4, -0.2) is 14.5 Å². The monoisotopic (exact) mass is 330 g/mol. The molecule has 0 saturated heterocycles. The van der Waals surface area contributed by atoms with Gasteiger partial charge in [0.1, 0.15) is 4.90 Å². The van der Waals surface area contributed by atoms with Gasteiger partial charge in [-0.25, -0.2) is 0 Å². The van der Waals surface area contributed by atoms with Crippen molar-refractivity contribution in [3.05, 3.63) is 27.2 Å². The first-order valence-electron chi connectivity index (χ1n) is 5.35. The molecule has 7 heteroatoms. The maximum absolute atomic E-state index is 12.0. The van der Waals surface area contributed by atoms with Gasteiger partial charge in [0.15, 0.2) is 0 Å². The van der Waals surface area contributed by atoms with Crippen molar-refractivity contribution in [1.29, 1.82) is 0 Å². The van der Waals surface area contributed by atoms with Crippen molar-refractivity contribution in [2.45, 2.75) is 37.7 Å². The lowest BCUT2D eigenvalue weighted by molar-refractivity contribution is 0.217. The lowest BCUT2D eigenvalue weighted by atomic mass is 10.2. The molecule has 0 radical (unpaired) electrons. The van der Waals surface area contributed by atoms with Gasteiger partial charge in [-0.1, -0.05) is 48.1 Å². The molecular weight excluding hydrogens is 319 g/mol. The van der Waals surface area contributed by atoms with Gasteiger partial charge < -0.3 is 0 Å². The highest BCUT2D eigenvalue weighted by Gasteiger charge is 2.23. The molecule has 102 valence electrons. The largest absolute Gasteiger partial charge is 0.298 e. The molecule has 1 aromatic carbocycles. The first-order valence-corrected chi connectivity index (χ1v) is 7.90. The summed E-state index contributed by atoms with van der Waals surface area (Å²) < 4.78 is 29.0. The minimum Gasteiger partial charge on any atom is -0.263 e. The van der Waals surface area contributed by atoms with Crippen LogP contribution in [0.4, 0.5) is 0 Å². The Morgan fingerprint density at radius 2 is 1.72 bits per heavy atom. The third kappa shape index (κ3) is 4.00. The summed E-state index contributed by atoms with van der Waals surface area (Å²) in [7, 11) is -3.93. The molecule has 0 aliphatic heterocycles. The molecule has 3 nitrogen and oxygen atoms in total. The second kappa shape index (κ2) is 6.44. The first-order chi connectivity index (χ1) is 8.27. The Hall–Kier alpha value is -0.000000000000000111. The zero-order chi connectivity index (χ0) is 13.9. The third-order valence-electron chi connectivity index (χ3n) is 2.23. The van der Waals surface area contributed by atoms with Gasteiger partial charge >= 0.3 is 0 Å². The van der Waals surface area contributed by atoms with Crippen molar-refractivity contribution >= 4 is 44.9 Å². The number of hydrogen-bond donors (Lipinski definition) is 0. The molecular formula is C11H13Cl3O3S. The Labute approximate surface area is 122 Å². The van der Waals surface area contributed by atoms with Crippen molar-refractivity contribution in [3.63, 3.8) is 0 Å². The molecule has 0 bridgehead atoms. The predicted octanol–water partition coefficient (Wildman–Crippen LogP) is 4.54. The summed E-state index contributed by atoms with van der Waals surface area (Å²) in [5, 5.41) is 0.307. The zero-order valence-corrected chi connectivity index (χ0v) is 13.0. The Morgan fingerprint density at radius 3 is 2.28 bits per heavy atom. The van der Waals surface area contributed by atoms with E-state index in [0.717, 1.165) is 6.42 Å². The molecule has 1 rings (SSSR count). The fourth-order valence-electron chi connectivity index (χ4n) is 1.42. The summed E-state index contributed by atoms with van der Waals surface area (Å²) in [6.07, 6.45) is 1.05. The number of halogens is 3. The molecule has 0 heterocycles. The van der Waals surface area contributed by atoms with E-state index >= 15 is 0 Å². The fraction of sp³-hybridized carbons (Fsp3) is 0.455. The van der Waals surface area contributed by atoms with Crippen molar-refractivity contribution in [2.75, 3.05) is 0 Å². The predicted molar refractivity (Wildman–Crippen MR) is 74.1 cm³/mol. The maximum atomic E-state index is 12.0. The van der Waals surface area contributed by atoms with Crippen LogP contribution in [0.15, 0.2) is 17.0 Å². The number of benzene rings is 1. The van der Waals surface area contributed by atoms with Crippen LogP contribution >= 0.6 is 34.8 Å². The highest BCUT2D eigenvalue weighted by molar-refractivity contribution is 7.87. The summed E-state index contributed by atoms with van der Waals surface area (Å²) in [6, 6.07) is 2.48. The molecule has 0 saturated carbocycles. The van der Waals surface area contributed by atoms with Gasteiger partial charge in [-0.3, -0.25) is 4.18 Å². The van der Waals surface area contributed by atoms with E-state index in [1.807, 2.05) is 6.92 Å². The summed E-state index contributed by atoms with van der Waals surface area (Å²) in [5.74, 6) is 0. The highest BCUT2D eigenvalue weighted by Crippen LogP contribution is 2.32. The van der Waals surface area contributed by atoms with Crippen LogP contribution in [0.5, 0.6) is 0 Å². The Morgan fingerprint density at radius 1 is 1.17 bits per heavy atom. The molecule has 0 aromatic heterocycles. The Balaban J connectivity index is 3.09.